The lowest BCUT2D eigenvalue weighted by Gasteiger charge is -2.28. The van der Waals surface area contributed by atoms with Gasteiger partial charge in [-0.05, 0) is 26.7 Å². The van der Waals surface area contributed by atoms with Gasteiger partial charge < -0.3 is 15.0 Å². The average Bonchev–Trinajstić information content (AvgIpc) is 2.71. The topological polar surface area (TPSA) is 87.7 Å². The van der Waals surface area contributed by atoms with Crippen molar-refractivity contribution in [3.05, 3.63) is 23.8 Å². The van der Waals surface area contributed by atoms with Crippen molar-refractivity contribution in [2.24, 2.45) is 0 Å². The molecule has 28 heavy (non-hydrogen) atoms. The molecule has 1 aliphatic heterocycles. The molecule has 1 fully saturated rings. The van der Waals surface area contributed by atoms with E-state index in [-0.39, 0.29) is 24.3 Å². The second kappa shape index (κ2) is 11.7. The summed E-state index contributed by atoms with van der Waals surface area (Å²) >= 11 is 0. The van der Waals surface area contributed by atoms with Crippen LogP contribution in [0.3, 0.4) is 0 Å². The Morgan fingerprint density at radius 3 is 2.64 bits per heavy atom. The molecule has 1 N–H and O–H groups in total. The Bertz CT molecular complexity index is 617. The third kappa shape index (κ3) is 7.52. The number of aryl methyl sites for hydroxylation is 1. The Kier molecular flexibility index (Phi) is 9.30. The molecule has 156 valence electrons. The Morgan fingerprint density at radius 2 is 2.00 bits per heavy atom. The van der Waals surface area contributed by atoms with E-state index >= 15 is 0 Å². The van der Waals surface area contributed by atoms with Gasteiger partial charge in [-0.1, -0.05) is 6.92 Å². The number of rotatable bonds is 10. The van der Waals surface area contributed by atoms with Crippen LogP contribution in [0, 0.1) is 6.92 Å². The highest BCUT2D eigenvalue weighted by molar-refractivity contribution is 5.92. The quantitative estimate of drug-likeness (QED) is 0.646. The van der Waals surface area contributed by atoms with Crippen LogP contribution in [-0.4, -0.2) is 83.6 Å². The van der Waals surface area contributed by atoms with Crippen molar-refractivity contribution in [1.82, 2.24) is 25.1 Å². The molecule has 0 aromatic carbocycles. The van der Waals surface area contributed by atoms with Gasteiger partial charge in [0.25, 0.3) is 5.91 Å². The molecule has 0 bridgehead atoms. The maximum atomic E-state index is 12.9. The predicted octanol–water partition coefficient (Wildman–Crippen LogP) is 1.25. The summed E-state index contributed by atoms with van der Waals surface area (Å²) in [5, 5.41) is 2.95. The standard InChI is InChI=1S/C20H33N5O3/c1-4-16(2)23-19(26)6-9-25(8-5-7-24-10-12-28-13-11-24)20(27)18-15-21-17(3)14-22-18/h14-16H,4-13H2,1-3H3,(H,23,26)/t16-/m0/s1. The highest BCUT2D eigenvalue weighted by atomic mass is 16.5. The third-order valence-corrected chi connectivity index (χ3v) is 4.92. The van der Waals surface area contributed by atoms with Crippen LogP contribution in [-0.2, 0) is 9.53 Å². The molecule has 0 spiro atoms. The first kappa shape index (κ1) is 22.2. The minimum absolute atomic E-state index is 0.0321. The van der Waals surface area contributed by atoms with Gasteiger partial charge in [0.15, 0.2) is 0 Å². The fourth-order valence-electron chi connectivity index (χ4n) is 2.98. The number of nitrogens with zero attached hydrogens (tertiary/aromatic N) is 4. The molecule has 8 heteroatoms. The van der Waals surface area contributed by atoms with Crippen molar-refractivity contribution in [3.63, 3.8) is 0 Å². The van der Waals surface area contributed by atoms with Gasteiger partial charge in [0.2, 0.25) is 5.91 Å². The van der Waals surface area contributed by atoms with E-state index in [1.807, 2.05) is 20.8 Å². The zero-order chi connectivity index (χ0) is 20.4. The number of amides is 2. The van der Waals surface area contributed by atoms with Crippen molar-refractivity contribution < 1.29 is 14.3 Å². The van der Waals surface area contributed by atoms with Crippen LogP contribution in [0.25, 0.3) is 0 Å². The molecular weight excluding hydrogens is 358 g/mol. The van der Waals surface area contributed by atoms with E-state index in [1.165, 1.54) is 6.20 Å². The van der Waals surface area contributed by atoms with E-state index in [1.54, 1.807) is 11.1 Å². The molecule has 2 rings (SSSR count). The van der Waals surface area contributed by atoms with Crippen LogP contribution in [0.15, 0.2) is 12.4 Å². The van der Waals surface area contributed by atoms with E-state index in [2.05, 4.69) is 20.2 Å². The van der Waals surface area contributed by atoms with Crippen LogP contribution in [0.4, 0.5) is 0 Å². The van der Waals surface area contributed by atoms with Crippen LogP contribution in [0.2, 0.25) is 0 Å². The van der Waals surface area contributed by atoms with Gasteiger partial charge in [-0.25, -0.2) is 4.98 Å². The normalized spacial score (nSPS) is 15.8. The molecule has 0 unspecified atom stereocenters. The third-order valence-electron chi connectivity index (χ3n) is 4.92. The monoisotopic (exact) mass is 391 g/mol. The predicted molar refractivity (Wildman–Crippen MR) is 107 cm³/mol. The van der Waals surface area contributed by atoms with E-state index in [4.69, 9.17) is 4.74 Å². The lowest BCUT2D eigenvalue weighted by molar-refractivity contribution is -0.121. The zero-order valence-corrected chi connectivity index (χ0v) is 17.3. The smallest absolute Gasteiger partial charge is 0.274 e. The number of carbonyl (C=O) groups excluding carboxylic acids is 2. The molecule has 0 radical (unpaired) electrons. The number of hydrogen-bond acceptors (Lipinski definition) is 6. The number of nitrogens with one attached hydrogen (secondary N) is 1. The first-order valence-electron chi connectivity index (χ1n) is 10.2. The summed E-state index contributed by atoms with van der Waals surface area (Å²) < 4.78 is 5.37. The van der Waals surface area contributed by atoms with Crippen molar-refractivity contribution in [1.29, 1.82) is 0 Å². The van der Waals surface area contributed by atoms with Crippen molar-refractivity contribution in [3.8, 4) is 0 Å². The molecule has 0 aliphatic carbocycles. The van der Waals surface area contributed by atoms with Gasteiger partial charge in [0.1, 0.15) is 5.69 Å². The van der Waals surface area contributed by atoms with Gasteiger partial charge in [-0.15, -0.1) is 0 Å². The second-order valence-electron chi connectivity index (χ2n) is 7.27. The SMILES string of the molecule is CC[C@H](C)NC(=O)CCN(CCCN1CCOCC1)C(=O)c1cnc(C)cn1. The summed E-state index contributed by atoms with van der Waals surface area (Å²) in [6.07, 6.45) is 5.11. The van der Waals surface area contributed by atoms with E-state index in [9.17, 15) is 9.59 Å². The maximum absolute atomic E-state index is 12.9. The summed E-state index contributed by atoms with van der Waals surface area (Å²) in [4.78, 5) is 37.5. The number of hydrogen-bond donors (Lipinski definition) is 1. The highest BCUT2D eigenvalue weighted by Crippen LogP contribution is 2.06. The molecule has 8 nitrogen and oxygen atoms in total. The summed E-state index contributed by atoms with van der Waals surface area (Å²) in [7, 11) is 0. The Hall–Kier alpha value is -2.06. The first-order valence-corrected chi connectivity index (χ1v) is 10.2. The lowest BCUT2D eigenvalue weighted by atomic mass is 10.2. The maximum Gasteiger partial charge on any atom is 0.274 e. The van der Waals surface area contributed by atoms with Crippen LogP contribution >= 0.6 is 0 Å². The molecular formula is C20H33N5O3. The van der Waals surface area contributed by atoms with Gasteiger partial charge >= 0.3 is 0 Å². The van der Waals surface area contributed by atoms with E-state index < -0.39 is 0 Å². The fraction of sp³-hybridized carbons (Fsp3) is 0.700. The van der Waals surface area contributed by atoms with Crippen molar-refractivity contribution in [2.45, 2.75) is 46.1 Å². The number of ether oxygens (including phenoxy) is 1. The zero-order valence-electron chi connectivity index (χ0n) is 17.3. The van der Waals surface area contributed by atoms with E-state index in [0.29, 0.717) is 18.8 Å². The summed E-state index contributed by atoms with van der Waals surface area (Å²) in [5.41, 5.74) is 1.09. The molecule has 0 saturated carbocycles. The molecule has 1 saturated heterocycles. The van der Waals surface area contributed by atoms with Crippen molar-refractivity contribution >= 4 is 11.8 Å². The average molecular weight is 392 g/mol. The molecule has 2 heterocycles. The van der Waals surface area contributed by atoms with Gasteiger partial charge in [-0.3, -0.25) is 19.5 Å². The van der Waals surface area contributed by atoms with Gasteiger partial charge in [-0.2, -0.15) is 0 Å². The Morgan fingerprint density at radius 1 is 1.25 bits per heavy atom. The van der Waals surface area contributed by atoms with Crippen LogP contribution < -0.4 is 5.32 Å². The molecule has 2 amide bonds. The van der Waals surface area contributed by atoms with Crippen LogP contribution in [0.5, 0.6) is 0 Å². The highest BCUT2D eigenvalue weighted by Gasteiger charge is 2.19. The molecule has 1 atom stereocenters. The number of aromatic nitrogens is 2. The van der Waals surface area contributed by atoms with Crippen molar-refractivity contribution in [2.75, 3.05) is 45.9 Å². The van der Waals surface area contributed by atoms with E-state index in [0.717, 1.165) is 51.4 Å². The fourth-order valence-corrected chi connectivity index (χ4v) is 2.98. The molecule has 1 aromatic heterocycles. The summed E-state index contributed by atoms with van der Waals surface area (Å²) in [6, 6.07) is 0.140. The molecule has 1 aliphatic rings. The minimum atomic E-state index is -0.175. The summed E-state index contributed by atoms with van der Waals surface area (Å²) in [5.74, 6) is -0.207. The number of carbonyl (C=O) groups is 2. The van der Waals surface area contributed by atoms with Gasteiger partial charge in [0, 0.05) is 51.4 Å². The lowest BCUT2D eigenvalue weighted by Crippen LogP contribution is -2.41. The Balaban J connectivity index is 1.92. The number of morpholine rings is 1. The minimum Gasteiger partial charge on any atom is -0.379 e. The van der Waals surface area contributed by atoms with Gasteiger partial charge in [0.05, 0.1) is 25.1 Å². The largest absolute Gasteiger partial charge is 0.379 e. The van der Waals surface area contributed by atoms with Crippen LogP contribution in [0.1, 0.15) is 49.3 Å². The summed E-state index contributed by atoms with van der Waals surface area (Å²) in [6.45, 7) is 11.1. The first-order chi connectivity index (χ1) is 13.5. The molecule has 1 aromatic rings. The second-order valence-corrected chi connectivity index (χ2v) is 7.27. The Labute approximate surface area is 167 Å².